The van der Waals surface area contributed by atoms with Gasteiger partial charge in [0.05, 0.1) is 12.2 Å². The second-order valence-electron chi connectivity index (χ2n) is 6.38. The fourth-order valence-electron chi connectivity index (χ4n) is 2.97. The molecule has 1 atom stereocenters. The second kappa shape index (κ2) is 8.97. The largest absolute Gasteiger partial charge is 0.493 e. The van der Waals surface area contributed by atoms with Gasteiger partial charge < -0.3 is 20.1 Å². The van der Waals surface area contributed by atoms with Crippen molar-refractivity contribution in [2.45, 2.75) is 25.2 Å². The minimum atomic E-state index is -4.40. The van der Waals surface area contributed by atoms with E-state index in [-0.39, 0.29) is 12.6 Å². The Kier molecular flexibility index (Phi) is 6.41. The van der Waals surface area contributed by atoms with E-state index in [1.54, 1.807) is 0 Å². The highest BCUT2D eigenvalue weighted by Gasteiger charge is 2.33. The lowest BCUT2D eigenvalue weighted by atomic mass is 9.98. The summed E-state index contributed by atoms with van der Waals surface area (Å²) in [5.41, 5.74) is 0.661. The molecule has 0 fully saturated rings. The van der Waals surface area contributed by atoms with Gasteiger partial charge in [0.15, 0.2) is 0 Å². The van der Waals surface area contributed by atoms with E-state index in [1.165, 1.54) is 6.07 Å². The number of halogens is 3. The molecular formula is C20H21F3N2O3. The lowest BCUT2D eigenvalue weighted by Crippen LogP contribution is -2.35. The summed E-state index contributed by atoms with van der Waals surface area (Å²) in [7, 11) is 0. The van der Waals surface area contributed by atoms with Crippen molar-refractivity contribution >= 4 is 6.09 Å². The van der Waals surface area contributed by atoms with Gasteiger partial charge in [0.25, 0.3) is 0 Å². The first kappa shape index (κ1) is 20.0. The summed E-state index contributed by atoms with van der Waals surface area (Å²) in [6.45, 7) is 1.27. The summed E-state index contributed by atoms with van der Waals surface area (Å²) < 4.78 is 49.4. The predicted molar refractivity (Wildman–Crippen MR) is 96.9 cm³/mol. The van der Waals surface area contributed by atoms with Gasteiger partial charge in [-0.15, -0.1) is 0 Å². The smallest absolute Gasteiger partial charge is 0.416 e. The first-order valence-corrected chi connectivity index (χ1v) is 8.95. The highest BCUT2D eigenvalue weighted by atomic mass is 19.4. The first-order valence-electron chi connectivity index (χ1n) is 8.95. The Morgan fingerprint density at radius 3 is 2.68 bits per heavy atom. The fourth-order valence-corrected chi connectivity index (χ4v) is 2.97. The van der Waals surface area contributed by atoms with E-state index in [4.69, 9.17) is 9.47 Å². The van der Waals surface area contributed by atoms with Crippen LogP contribution in [-0.2, 0) is 17.5 Å². The summed E-state index contributed by atoms with van der Waals surface area (Å²) in [5.74, 6) is 0.451. The van der Waals surface area contributed by atoms with Crippen LogP contribution < -0.4 is 15.4 Å². The maximum atomic E-state index is 13.0. The van der Waals surface area contributed by atoms with E-state index < -0.39 is 17.8 Å². The van der Waals surface area contributed by atoms with Gasteiger partial charge in [0, 0.05) is 31.1 Å². The number of carbonyl (C=O) groups is 1. The Balaban J connectivity index is 1.46. The molecule has 2 aromatic rings. The Labute approximate surface area is 160 Å². The maximum Gasteiger partial charge on any atom is 0.416 e. The number of rotatable bonds is 6. The lowest BCUT2D eigenvalue weighted by Gasteiger charge is -2.27. The zero-order valence-electron chi connectivity index (χ0n) is 15.1. The van der Waals surface area contributed by atoms with Crippen molar-refractivity contribution < 1.29 is 27.4 Å². The van der Waals surface area contributed by atoms with Gasteiger partial charge in [0.2, 0.25) is 0 Å². The summed E-state index contributed by atoms with van der Waals surface area (Å²) in [6, 6.07) is 12.5. The zero-order chi connectivity index (χ0) is 20.0. The second-order valence-corrected chi connectivity index (χ2v) is 6.38. The lowest BCUT2D eigenvalue weighted by molar-refractivity contribution is -0.137. The highest BCUT2D eigenvalue weighted by Crippen LogP contribution is 2.37. The summed E-state index contributed by atoms with van der Waals surface area (Å²) in [4.78, 5) is 11.7. The molecule has 3 rings (SSSR count). The van der Waals surface area contributed by atoms with Crippen LogP contribution in [-0.4, -0.2) is 25.8 Å². The van der Waals surface area contributed by atoms with E-state index in [1.807, 2.05) is 30.3 Å². The van der Waals surface area contributed by atoms with Gasteiger partial charge in [0.1, 0.15) is 12.4 Å². The Morgan fingerprint density at radius 2 is 1.93 bits per heavy atom. The molecule has 1 unspecified atom stereocenters. The Morgan fingerprint density at radius 1 is 1.14 bits per heavy atom. The van der Waals surface area contributed by atoms with Gasteiger partial charge in [-0.3, -0.25) is 0 Å². The number of ether oxygens (including phenoxy) is 2. The van der Waals surface area contributed by atoms with E-state index in [0.717, 1.165) is 17.7 Å². The maximum absolute atomic E-state index is 13.0. The number of carbonyl (C=O) groups excluding carboxylic acids is 1. The monoisotopic (exact) mass is 394 g/mol. The van der Waals surface area contributed by atoms with Crippen molar-refractivity contribution in [1.82, 2.24) is 10.6 Å². The van der Waals surface area contributed by atoms with E-state index >= 15 is 0 Å². The molecule has 0 saturated heterocycles. The summed E-state index contributed by atoms with van der Waals surface area (Å²) in [6.07, 6.45) is -4.40. The molecule has 1 heterocycles. The molecule has 150 valence electrons. The molecule has 0 aliphatic carbocycles. The average Bonchev–Trinajstić information content (AvgIpc) is 2.69. The third-order valence-corrected chi connectivity index (χ3v) is 4.37. The number of hydrogen-bond acceptors (Lipinski definition) is 4. The van der Waals surface area contributed by atoms with Crippen molar-refractivity contribution in [3.8, 4) is 5.75 Å². The van der Waals surface area contributed by atoms with Gasteiger partial charge >= 0.3 is 12.3 Å². The van der Waals surface area contributed by atoms with Gasteiger partial charge in [-0.2, -0.15) is 13.2 Å². The molecule has 8 heteroatoms. The molecule has 28 heavy (non-hydrogen) atoms. The van der Waals surface area contributed by atoms with Crippen LogP contribution >= 0.6 is 0 Å². The van der Waals surface area contributed by atoms with Crippen LogP contribution in [0.3, 0.4) is 0 Å². The van der Waals surface area contributed by atoms with E-state index in [9.17, 15) is 18.0 Å². The highest BCUT2D eigenvalue weighted by molar-refractivity contribution is 5.67. The van der Waals surface area contributed by atoms with Gasteiger partial charge in [-0.25, -0.2) is 4.79 Å². The Hall–Kier alpha value is -2.74. The number of fused-ring (bicyclic) bond motifs is 1. The van der Waals surface area contributed by atoms with Crippen LogP contribution in [0.15, 0.2) is 48.5 Å². The minimum absolute atomic E-state index is 0.174. The van der Waals surface area contributed by atoms with Gasteiger partial charge in [-0.05, 0) is 23.8 Å². The zero-order valence-corrected chi connectivity index (χ0v) is 15.1. The molecule has 0 saturated carbocycles. The third kappa shape index (κ3) is 5.39. The number of alkyl carbamates (subject to hydrolysis) is 1. The van der Waals surface area contributed by atoms with Crippen LogP contribution in [0, 0.1) is 0 Å². The SMILES string of the molecule is O=C(NCCNC1CCOc2ccc(C(F)(F)F)cc21)OCc1ccccc1. The van der Waals surface area contributed by atoms with Crippen LogP contribution in [0.2, 0.25) is 0 Å². The molecule has 0 bridgehead atoms. The van der Waals surface area contributed by atoms with E-state index in [2.05, 4.69) is 10.6 Å². The van der Waals surface area contributed by atoms with Crippen molar-refractivity contribution in [2.75, 3.05) is 19.7 Å². The van der Waals surface area contributed by atoms with Gasteiger partial charge in [-0.1, -0.05) is 30.3 Å². The van der Waals surface area contributed by atoms with Crippen molar-refractivity contribution in [3.05, 3.63) is 65.2 Å². The predicted octanol–water partition coefficient (Wildman–Crippen LogP) is 4.05. The first-order chi connectivity index (χ1) is 13.4. The van der Waals surface area contributed by atoms with Crippen molar-refractivity contribution in [3.63, 3.8) is 0 Å². The fraction of sp³-hybridized carbons (Fsp3) is 0.350. The molecule has 1 aliphatic heterocycles. The molecule has 0 spiro atoms. The molecule has 2 aromatic carbocycles. The minimum Gasteiger partial charge on any atom is -0.493 e. The van der Waals surface area contributed by atoms with Crippen molar-refractivity contribution in [1.29, 1.82) is 0 Å². The van der Waals surface area contributed by atoms with Crippen molar-refractivity contribution in [2.24, 2.45) is 0 Å². The normalized spacial score (nSPS) is 16.0. The standard InChI is InChI=1S/C20H21F3N2O3/c21-20(22,23)15-6-7-18-16(12-15)17(8-11-27-18)24-9-10-25-19(26)28-13-14-4-2-1-3-5-14/h1-7,12,17,24H,8-11,13H2,(H,25,26). The summed E-state index contributed by atoms with van der Waals surface area (Å²) in [5, 5.41) is 5.79. The molecule has 1 aliphatic rings. The van der Waals surface area contributed by atoms with Crippen LogP contribution in [0.5, 0.6) is 5.75 Å². The number of alkyl halides is 3. The molecular weight excluding hydrogens is 373 g/mol. The molecule has 2 N–H and O–H groups in total. The Bertz CT molecular complexity index is 797. The van der Waals surface area contributed by atoms with E-state index in [0.29, 0.717) is 37.4 Å². The topological polar surface area (TPSA) is 59.6 Å². The van der Waals surface area contributed by atoms with Crippen LogP contribution in [0.1, 0.15) is 29.2 Å². The number of nitrogens with one attached hydrogen (secondary N) is 2. The number of hydrogen-bond donors (Lipinski definition) is 2. The molecule has 1 amide bonds. The molecule has 5 nitrogen and oxygen atoms in total. The molecule has 0 aromatic heterocycles. The summed E-state index contributed by atoms with van der Waals surface area (Å²) >= 11 is 0. The average molecular weight is 394 g/mol. The van der Waals surface area contributed by atoms with Crippen LogP contribution in [0.4, 0.5) is 18.0 Å². The van der Waals surface area contributed by atoms with Crippen LogP contribution in [0.25, 0.3) is 0 Å². The number of benzene rings is 2. The quantitative estimate of drug-likeness (QED) is 0.726. The molecule has 0 radical (unpaired) electrons. The number of amides is 1. The third-order valence-electron chi connectivity index (χ3n) is 4.37.